The number of methoxy groups -OCH3 is 1. The van der Waals surface area contributed by atoms with Crippen molar-refractivity contribution in [2.45, 2.75) is 12.3 Å². The van der Waals surface area contributed by atoms with Crippen LogP contribution in [-0.2, 0) is 17.1 Å². The summed E-state index contributed by atoms with van der Waals surface area (Å²) in [4.78, 5) is 24.3. The monoisotopic (exact) mass is 462 g/mol. The summed E-state index contributed by atoms with van der Waals surface area (Å²) in [6.45, 7) is 0.425. The normalized spacial score (nSPS) is 10.5. The van der Waals surface area contributed by atoms with Crippen molar-refractivity contribution in [2.75, 3.05) is 18.2 Å². The van der Waals surface area contributed by atoms with Gasteiger partial charge >= 0.3 is 0 Å². The van der Waals surface area contributed by atoms with Crippen molar-refractivity contribution in [3.63, 3.8) is 0 Å². The Balaban J connectivity index is 1.41. The second kappa shape index (κ2) is 11.0. The van der Waals surface area contributed by atoms with Crippen LogP contribution in [0.1, 0.15) is 20.4 Å². The summed E-state index contributed by atoms with van der Waals surface area (Å²) in [6.07, 6.45) is 0. The van der Waals surface area contributed by atoms with E-state index in [0.29, 0.717) is 33.8 Å². The molecule has 2 N–H and O–H groups in total. The molecule has 1 heterocycles. The number of carbonyl (C=O) groups is 2. The van der Waals surface area contributed by atoms with E-state index in [2.05, 4.69) is 20.8 Å². The quantitative estimate of drug-likeness (QED) is 0.499. The predicted molar refractivity (Wildman–Crippen MR) is 120 cm³/mol. The molecule has 0 bridgehead atoms. The van der Waals surface area contributed by atoms with Crippen molar-refractivity contribution in [2.24, 2.45) is 0 Å². The highest BCUT2D eigenvalue weighted by atomic mass is 35.5. The summed E-state index contributed by atoms with van der Waals surface area (Å²) in [5.74, 6) is 1.08. The Labute approximate surface area is 187 Å². The first kappa shape index (κ1) is 22.1. The minimum Gasteiger partial charge on any atom is -0.497 e. The van der Waals surface area contributed by atoms with Gasteiger partial charge in [-0.1, -0.05) is 35.1 Å². The van der Waals surface area contributed by atoms with Gasteiger partial charge in [-0.2, -0.15) is 0 Å². The molecule has 3 aromatic rings. The topological polar surface area (TPSA) is 93.2 Å². The minimum absolute atomic E-state index is 0.0815. The van der Waals surface area contributed by atoms with Gasteiger partial charge in [-0.3, -0.25) is 9.59 Å². The Morgan fingerprint density at radius 2 is 1.97 bits per heavy atom. The molecule has 0 saturated heterocycles. The van der Waals surface area contributed by atoms with Crippen LogP contribution in [0.2, 0.25) is 5.02 Å². The van der Waals surface area contributed by atoms with Crippen LogP contribution in [0.25, 0.3) is 0 Å². The summed E-state index contributed by atoms with van der Waals surface area (Å²) in [5.41, 5.74) is 1.58. The number of nitrogens with zero attached hydrogens (tertiary/aromatic N) is 2. The van der Waals surface area contributed by atoms with Crippen LogP contribution in [0.15, 0.2) is 48.5 Å². The molecule has 0 radical (unpaired) electrons. The molecule has 0 unspecified atom stereocenters. The van der Waals surface area contributed by atoms with Crippen LogP contribution < -0.4 is 15.4 Å². The van der Waals surface area contributed by atoms with Crippen LogP contribution in [-0.4, -0.2) is 34.9 Å². The molecule has 2 amide bonds. The van der Waals surface area contributed by atoms with Gasteiger partial charge in [0.2, 0.25) is 10.9 Å². The first-order chi connectivity index (χ1) is 14.5. The Morgan fingerprint density at radius 1 is 1.17 bits per heavy atom. The van der Waals surface area contributed by atoms with E-state index in [-0.39, 0.29) is 22.6 Å². The number of ether oxygens (including phenoxy) is 1. The van der Waals surface area contributed by atoms with E-state index in [1.807, 2.05) is 18.2 Å². The number of halogens is 1. The smallest absolute Gasteiger partial charge is 0.286 e. The van der Waals surface area contributed by atoms with Gasteiger partial charge in [0.1, 0.15) is 10.8 Å². The molecule has 156 valence electrons. The predicted octanol–water partition coefficient (Wildman–Crippen LogP) is 4.00. The van der Waals surface area contributed by atoms with Crippen molar-refractivity contribution in [3.05, 3.63) is 69.1 Å². The summed E-state index contributed by atoms with van der Waals surface area (Å²) in [6, 6.07) is 14.4. The highest BCUT2D eigenvalue weighted by Crippen LogP contribution is 2.19. The van der Waals surface area contributed by atoms with Crippen LogP contribution in [0.5, 0.6) is 5.75 Å². The summed E-state index contributed by atoms with van der Waals surface area (Å²) in [7, 11) is 1.58. The molecule has 0 fully saturated rings. The number of carbonyl (C=O) groups excluding carboxylic acids is 2. The number of benzene rings is 2. The Morgan fingerprint density at radius 3 is 2.70 bits per heavy atom. The van der Waals surface area contributed by atoms with Gasteiger partial charge in [-0.15, -0.1) is 22.0 Å². The molecule has 3 rings (SSSR count). The zero-order valence-electron chi connectivity index (χ0n) is 16.1. The second-order valence-electron chi connectivity index (χ2n) is 6.08. The number of nitrogens with one attached hydrogen (secondary N) is 2. The lowest BCUT2D eigenvalue weighted by molar-refractivity contribution is -0.118. The number of thioether (sulfide) groups is 1. The third kappa shape index (κ3) is 6.72. The maximum absolute atomic E-state index is 12.3. The van der Waals surface area contributed by atoms with Crippen molar-refractivity contribution in [1.29, 1.82) is 0 Å². The largest absolute Gasteiger partial charge is 0.497 e. The molecule has 0 aliphatic rings. The van der Waals surface area contributed by atoms with Gasteiger partial charge in [-0.05, 0) is 42.0 Å². The minimum atomic E-state index is -0.326. The lowest BCUT2D eigenvalue weighted by atomic mass is 10.2. The molecule has 0 saturated carbocycles. The molecular weight excluding hydrogens is 444 g/mol. The number of anilines is 1. The molecule has 10 heteroatoms. The number of rotatable bonds is 9. The van der Waals surface area contributed by atoms with E-state index in [4.69, 9.17) is 16.3 Å². The fraction of sp³-hybridized carbons (Fsp3) is 0.200. The van der Waals surface area contributed by atoms with Crippen molar-refractivity contribution in [3.8, 4) is 5.75 Å². The molecule has 0 atom stereocenters. The fourth-order valence-corrected chi connectivity index (χ4v) is 4.24. The van der Waals surface area contributed by atoms with E-state index >= 15 is 0 Å². The highest BCUT2D eigenvalue weighted by molar-refractivity contribution is 7.99. The maximum Gasteiger partial charge on any atom is 0.286 e. The van der Waals surface area contributed by atoms with Gasteiger partial charge in [0.15, 0.2) is 0 Å². The van der Waals surface area contributed by atoms with Crippen LogP contribution >= 0.6 is 34.7 Å². The van der Waals surface area contributed by atoms with Crippen LogP contribution in [0.3, 0.4) is 0 Å². The van der Waals surface area contributed by atoms with Gasteiger partial charge < -0.3 is 15.4 Å². The van der Waals surface area contributed by atoms with E-state index in [0.717, 1.165) is 5.56 Å². The number of aromatic nitrogens is 2. The van der Waals surface area contributed by atoms with Gasteiger partial charge in [0, 0.05) is 23.0 Å². The molecular formula is C20H19ClN4O3S2. The Hall–Kier alpha value is -2.62. The third-order valence-electron chi connectivity index (χ3n) is 3.85. The van der Waals surface area contributed by atoms with E-state index in [1.165, 1.54) is 23.1 Å². The first-order valence-corrected chi connectivity index (χ1v) is 11.2. The molecule has 0 aliphatic carbocycles. The van der Waals surface area contributed by atoms with Crippen molar-refractivity contribution in [1.82, 2.24) is 15.5 Å². The zero-order valence-corrected chi connectivity index (χ0v) is 18.4. The Kier molecular flexibility index (Phi) is 8.06. The average molecular weight is 463 g/mol. The van der Waals surface area contributed by atoms with E-state index < -0.39 is 0 Å². The van der Waals surface area contributed by atoms with Crippen molar-refractivity contribution >= 4 is 52.2 Å². The molecule has 7 nitrogen and oxygen atoms in total. The van der Waals surface area contributed by atoms with Gasteiger partial charge in [0.25, 0.3) is 5.91 Å². The van der Waals surface area contributed by atoms with Crippen LogP contribution in [0.4, 0.5) is 5.69 Å². The van der Waals surface area contributed by atoms with Gasteiger partial charge in [-0.25, -0.2) is 0 Å². The molecule has 2 aromatic carbocycles. The van der Waals surface area contributed by atoms with Crippen LogP contribution in [0, 0.1) is 0 Å². The second-order valence-corrected chi connectivity index (χ2v) is 8.57. The van der Waals surface area contributed by atoms with Gasteiger partial charge in [0.05, 0.1) is 12.9 Å². The molecule has 0 aliphatic heterocycles. The SMILES string of the molecule is COc1ccc(NC(=O)c2nnc(CSCC(=O)NCc3cccc(Cl)c3)s2)cc1. The third-order valence-corrected chi connectivity index (χ3v) is 6.13. The number of hydrogen-bond acceptors (Lipinski definition) is 7. The lowest BCUT2D eigenvalue weighted by Crippen LogP contribution is -2.24. The molecule has 30 heavy (non-hydrogen) atoms. The van der Waals surface area contributed by atoms with Crippen molar-refractivity contribution < 1.29 is 14.3 Å². The summed E-state index contributed by atoms with van der Waals surface area (Å²) < 4.78 is 5.09. The zero-order chi connectivity index (χ0) is 21.3. The fourth-order valence-electron chi connectivity index (χ4n) is 2.39. The first-order valence-electron chi connectivity index (χ1n) is 8.90. The Bertz CT molecular complexity index is 1010. The van der Waals surface area contributed by atoms with E-state index in [9.17, 15) is 9.59 Å². The lowest BCUT2D eigenvalue weighted by Gasteiger charge is -2.05. The molecule has 1 aromatic heterocycles. The van der Waals surface area contributed by atoms with E-state index in [1.54, 1.807) is 37.4 Å². The summed E-state index contributed by atoms with van der Waals surface area (Å²) in [5, 5.41) is 15.2. The number of amides is 2. The summed E-state index contributed by atoms with van der Waals surface area (Å²) >= 11 is 8.55. The number of hydrogen-bond donors (Lipinski definition) is 2. The average Bonchev–Trinajstić information content (AvgIpc) is 3.22. The maximum atomic E-state index is 12.3. The standard InChI is InChI=1S/C20H19ClN4O3S2/c1-28-16-7-5-15(6-8-16)23-19(27)20-25-24-18(30-20)12-29-11-17(26)22-10-13-3-2-4-14(21)9-13/h2-9H,10-12H2,1H3,(H,22,26)(H,23,27). The highest BCUT2D eigenvalue weighted by Gasteiger charge is 2.14. The molecule has 0 spiro atoms.